The summed E-state index contributed by atoms with van der Waals surface area (Å²) in [4.78, 5) is 27.4. The van der Waals surface area contributed by atoms with Gasteiger partial charge in [0, 0.05) is 25.6 Å². The van der Waals surface area contributed by atoms with E-state index in [1.54, 1.807) is 4.90 Å². The van der Waals surface area contributed by atoms with Gasteiger partial charge in [0.25, 0.3) is 0 Å². The Labute approximate surface area is 115 Å². The molecule has 0 radical (unpaired) electrons. The first kappa shape index (κ1) is 16.0. The second kappa shape index (κ2) is 6.89. The van der Waals surface area contributed by atoms with Crippen LogP contribution >= 0.6 is 0 Å². The molecule has 1 amide bonds. The molecule has 1 saturated heterocycles. The van der Waals surface area contributed by atoms with Gasteiger partial charge in [-0.3, -0.25) is 9.59 Å². The molecular formula is C14H26N2O3. The summed E-state index contributed by atoms with van der Waals surface area (Å²) in [6.45, 7) is 11.2. The van der Waals surface area contributed by atoms with Crippen molar-refractivity contribution in [1.82, 2.24) is 9.80 Å². The number of carboxylic acid groups (broad SMARTS) is 1. The van der Waals surface area contributed by atoms with E-state index in [4.69, 9.17) is 0 Å². The Morgan fingerprint density at radius 2 is 1.95 bits per heavy atom. The lowest BCUT2D eigenvalue weighted by molar-refractivity contribution is -0.154. The zero-order chi connectivity index (χ0) is 14.6. The van der Waals surface area contributed by atoms with E-state index in [0.717, 1.165) is 19.6 Å². The monoisotopic (exact) mass is 270 g/mol. The largest absolute Gasteiger partial charge is 0.481 e. The number of likely N-dealkylation sites (tertiary alicyclic amines) is 1. The third-order valence-electron chi connectivity index (χ3n) is 4.28. The molecule has 19 heavy (non-hydrogen) atoms. The van der Waals surface area contributed by atoms with Crippen molar-refractivity contribution in [3.8, 4) is 0 Å². The van der Waals surface area contributed by atoms with E-state index in [1.165, 1.54) is 0 Å². The first-order valence-corrected chi connectivity index (χ1v) is 7.16. The highest BCUT2D eigenvalue weighted by atomic mass is 16.4. The van der Waals surface area contributed by atoms with E-state index < -0.39 is 11.9 Å². The lowest BCUT2D eigenvalue weighted by Gasteiger charge is -2.41. The van der Waals surface area contributed by atoms with Crippen LogP contribution < -0.4 is 0 Å². The fourth-order valence-corrected chi connectivity index (χ4v) is 2.98. The van der Waals surface area contributed by atoms with Crippen LogP contribution in [0.2, 0.25) is 0 Å². The highest BCUT2D eigenvalue weighted by molar-refractivity contribution is 5.81. The van der Waals surface area contributed by atoms with Crippen LogP contribution in [0, 0.1) is 11.8 Å². The van der Waals surface area contributed by atoms with Crippen molar-refractivity contribution in [2.45, 2.75) is 40.2 Å². The van der Waals surface area contributed by atoms with Crippen molar-refractivity contribution in [3.05, 3.63) is 0 Å². The molecule has 5 heteroatoms. The smallest absolute Gasteiger partial charge is 0.308 e. The summed E-state index contributed by atoms with van der Waals surface area (Å²) < 4.78 is 0. The maximum atomic E-state index is 12.1. The van der Waals surface area contributed by atoms with Gasteiger partial charge >= 0.3 is 5.97 Å². The molecule has 3 unspecified atom stereocenters. The third kappa shape index (κ3) is 3.69. The second-order valence-corrected chi connectivity index (χ2v) is 5.40. The molecule has 1 rings (SSSR count). The predicted molar refractivity (Wildman–Crippen MR) is 73.9 cm³/mol. The average Bonchev–Trinajstić information content (AvgIpc) is 2.32. The number of aliphatic carboxylic acids is 1. The molecule has 110 valence electrons. The number of rotatable bonds is 6. The second-order valence-electron chi connectivity index (χ2n) is 5.40. The molecule has 0 aromatic carbocycles. The molecule has 0 aliphatic carbocycles. The molecule has 5 nitrogen and oxygen atoms in total. The molecule has 0 aromatic heterocycles. The van der Waals surface area contributed by atoms with Crippen molar-refractivity contribution >= 4 is 11.9 Å². The number of likely N-dealkylation sites (N-methyl/N-ethyl adjacent to an activating group) is 1. The van der Waals surface area contributed by atoms with Gasteiger partial charge in [-0.2, -0.15) is 0 Å². The molecule has 1 aliphatic rings. The summed E-state index contributed by atoms with van der Waals surface area (Å²) >= 11 is 0. The third-order valence-corrected chi connectivity index (χ3v) is 4.28. The highest BCUT2D eigenvalue weighted by Gasteiger charge is 2.41. The Morgan fingerprint density at radius 3 is 2.42 bits per heavy atom. The Kier molecular flexibility index (Phi) is 5.79. The maximum absolute atomic E-state index is 12.1. The summed E-state index contributed by atoms with van der Waals surface area (Å²) in [5.41, 5.74) is 0. The van der Waals surface area contributed by atoms with Crippen LogP contribution in [0.1, 0.15) is 34.1 Å². The van der Waals surface area contributed by atoms with Gasteiger partial charge in [0.2, 0.25) is 5.91 Å². The van der Waals surface area contributed by atoms with Gasteiger partial charge in [0.05, 0.1) is 5.92 Å². The van der Waals surface area contributed by atoms with E-state index in [0.29, 0.717) is 13.0 Å². The average molecular weight is 270 g/mol. The Bertz CT molecular complexity index is 329. The van der Waals surface area contributed by atoms with Crippen molar-refractivity contribution < 1.29 is 14.7 Å². The fourth-order valence-electron chi connectivity index (χ4n) is 2.98. The van der Waals surface area contributed by atoms with E-state index in [-0.39, 0.29) is 17.9 Å². The summed E-state index contributed by atoms with van der Waals surface area (Å²) in [6, 6.07) is -0.218. The molecule has 0 saturated carbocycles. The molecule has 3 atom stereocenters. The predicted octanol–water partition coefficient (Wildman–Crippen LogP) is 1.29. The standard InChI is InChI=1S/C14H26N2O3/c1-5-15(6-2)7-8-16-11(4)13(14(18)19)10(3)9-12(16)17/h10-11,13H,5-9H2,1-4H3,(H,18,19). The van der Waals surface area contributed by atoms with E-state index in [9.17, 15) is 14.7 Å². The summed E-state index contributed by atoms with van der Waals surface area (Å²) in [5.74, 6) is -1.23. The van der Waals surface area contributed by atoms with E-state index >= 15 is 0 Å². The minimum Gasteiger partial charge on any atom is -0.481 e. The molecule has 1 heterocycles. The molecule has 1 N–H and O–H groups in total. The van der Waals surface area contributed by atoms with Crippen molar-refractivity contribution in [2.75, 3.05) is 26.2 Å². The van der Waals surface area contributed by atoms with Crippen molar-refractivity contribution in [2.24, 2.45) is 11.8 Å². The normalized spacial score (nSPS) is 27.9. The van der Waals surface area contributed by atoms with Crippen LogP contribution in [0.3, 0.4) is 0 Å². The Balaban J connectivity index is 2.70. The molecular weight excluding hydrogens is 244 g/mol. The maximum Gasteiger partial charge on any atom is 0.308 e. The number of carbonyl (C=O) groups excluding carboxylic acids is 1. The van der Waals surface area contributed by atoms with Gasteiger partial charge in [0.1, 0.15) is 0 Å². The number of carboxylic acids is 1. The number of hydrogen-bond donors (Lipinski definition) is 1. The zero-order valence-electron chi connectivity index (χ0n) is 12.4. The Hall–Kier alpha value is -1.10. The fraction of sp³-hybridized carbons (Fsp3) is 0.857. The summed E-state index contributed by atoms with van der Waals surface area (Å²) in [5, 5.41) is 9.30. The number of carbonyl (C=O) groups is 2. The minimum atomic E-state index is -0.791. The summed E-state index contributed by atoms with van der Waals surface area (Å²) in [7, 11) is 0. The SMILES string of the molecule is CCN(CC)CCN1C(=O)CC(C)C(C(=O)O)C1C. The van der Waals surface area contributed by atoms with Gasteiger partial charge in [-0.15, -0.1) is 0 Å². The van der Waals surface area contributed by atoms with Gasteiger partial charge < -0.3 is 14.9 Å². The van der Waals surface area contributed by atoms with Gasteiger partial charge in [-0.1, -0.05) is 20.8 Å². The van der Waals surface area contributed by atoms with Gasteiger partial charge in [0.15, 0.2) is 0 Å². The topological polar surface area (TPSA) is 60.9 Å². The zero-order valence-corrected chi connectivity index (χ0v) is 12.4. The summed E-state index contributed by atoms with van der Waals surface area (Å²) in [6.07, 6.45) is 0.347. The van der Waals surface area contributed by atoms with Crippen LogP contribution in [-0.4, -0.2) is 59.0 Å². The van der Waals surface area contributed by atoms with Crippen molar-refractivity contribution in [3.63, 3.8) is 0 Å². The number of amides is 1. The van der Waals surface area contributed by atoms with Crippen LogP contribution in [0.5, 0.6) is 0 Å². The molecule has 0 spiro atoms. The van der Waals surface area contributed by atoms with E-state index in [1.807, 2.05) is 13.8 Å². The molecule has 1 fully saturated rings. The Morgan fingerprint density at radius 1 is 1.37 bits per heavy atom. The van der Waals surface area contributed by atoms with Gasteiger partial charge in [-0.05, 0) is 25.9 Å². The number of piperidine rings is 1. The van der Waals surface area contributed by atoms with E-state index in [2.05, 4.69) is 18.7 Å². The van der Waals surface area contributed by atoms with Crippen LogP contribution in [0.4, 0.5) is 0 Å². The first-order valence-electron chi connectivity index (χ1n) is 7.16. The number of hydrogen-bond acceptors (Lipinski definition) is 3. The molecule has 0 bridgehead atoms. The quantitative estimate of drug-likeness (QED) is 0.790. The van der Waals surface area contributed by atoms with Crippen LogP contribution in [0.15, 0.2) is 0 Å². The lowest BCUT2D eigenvalue weighted by Crippen LogP contribution is -2.54. The first-order chi connectivity index (χ1) is 8.92. The van der Waals surface area contributed by atoms with Crippen LogP contribution in [-0.2, 0) is 9.59 Å². The number of nitrogens with zero attached hydrogens (tertiary/aromatic N) is 2. The van der Waals surface area contributed by atoms with Crippen molar-refractivity contribution in [1.29, 1.82) is 0 Å². The molecule has 1 aliphatic heterocycles. The van der Waals surface area contributed by atoms with Crippen LogP contribution in [0.25, 0.3) is 0 Å². The van der Waals surface area contributed by atoms with Gasteiger partial charge in [-0.25, -0.2) is 0 Å². The lowest BCUT2D eigenvalue weighted by atomic mass is 9.81. The minimum absolute atomic E-state index is 0.0790. The molecule has 0 aromatic rings. The highest BCUT2D eigenvalue weighted by Crippen LogP contribution is 2.29.